The molecule has 0 fully saturated rings. The lowest BCUT2D eigenvalue weighted by Crippen LogP contribution is -2.37. The van der Waals surface area contributed by atoms with Gasteiger partial charge < -0.3 is 4.90 Å². The molecule has 7 nitrogen and oxygen atoms in total. The van der Waals surface area contributed by atoms with E-state index in [2.05, 4.69) is 15.1 Å². The minimum atomic E-state index is -5.09. The van der Waals surface area contributed by atoms with Gasteiger partial charge in [-0.1, -0.05) is 0 Å². The van der Waals surface area contributed by atoms with Crippen molar-refractivity contribution in [2.75, 3.05) is 18.6 Å². The lowest BCUT2D eigenvalue weighted by molar-refractivity contribution is -0.143. The number of carbonyl (C=O) groups excluding carboxylic acids is 1. The van der Waals surface area contributed by atoms with E-state index in [9.17, 15) is 31.1 Å². The van der Waals surface area contributed by atoms with E-state index >= 15 is 0 Å². The van der Waals surface area contributed by atoms with Gasteiger partial charge in [-0.3, -0.25) is 4.79 Å². The smallest absolute Gasteiger partial charge is 0.328 e. The third-order valence-corrected chi connectivity index (χ3v) is 5.73. The molecule has 0 spiro atoms. The fourth-order valence-corrected chi connectivity index (χ4v) is 3.71. The van der Waals surface area contributed by atoms with Crippen LogP contribution in [0, 0.1) is 11.3 Å². The van der Waals surface area contributed by atoms with Gasteiger partial charge in [0.05, 0.1) is 22.7 Å². The Bertz CT molecular complexity index is 1230. The second kappa shape index (κ2) is 10.6. The van der Waals surface area contributed by atoms with Crippen LogP contribution in [0.2, 0.25) is 0 Å². The summed E-state index contributed by atoms with van der Waals surface area (Å²) in [4.78, 5) is 22.7. The topological polar surface area (TPSA) is 87.7 Å². The Hall–Kier alpha value is -3.60. The zero-order chi connectivity index (χ0) is 26.7. The number of nitriles is 1. The maximum atomic E-state index is 13.3. The van der Waals surface area contributed by atoms with Gasteiger partial charge in [0.1, 0.15) is 12.4 Å². The van der Waals surface area contributed by atoms with Crippen molar-refractivity contribution in [2.45, 2.75) is 25.3 Å². The maximum Gasteiger partial charge on any atom is 0.416 e. The molecule has 14 heteroatoms. The van der Waals surface area contributed by atoms with Gasteiger partial charge in [0.2, 0.25) is 0 Å². The first-order chi connectivity index (χ1) is 16.9. The average molecular weight is 528 g/mol. The second-order valence-electron chi connectivity index (χ2n) is 7.51. The van der Waals surface area contributed by atoms with Gasteiger partial charge in [0.25, 0.3) is 5.91 Å². The molecule has 1 amide bonds. The number of halogens is 6. The van der Waals surface area contributed by atoms with Gasteiger partial charge in [-0.05, 0) is 43.5 Å². The highest BCUT2D eigenvalue weighted by molar-refractivity contribution is 7.98. The van der Waals surface area contributed by atoms with Gasteiger partial charge >= 0.3 is 12.4 Å². The number of pyridine rings is 1. The molecule has 0 aliphatic carbocycles. The predicted octanol–water partition coefficient (Wildman–Crippen LogP) is 5.14. The van der Waals surface area contributed by atoms with Gasteiger partial charge in [0, 0.05) is 24.1 Å². The summed E-state index contributed by atoms with van der Waals surface area (Å²) >= 11 is 1.34. The number of amides is 1. The average Bonchev–Trinajstić information content (AvgIpc) is 3.32. The lowest BCUT2D eigenvalue weighted by Gasteiger charge is -2.29. The number of alkyl halides is 6. The SMILES string of the molecule is CSCCN(C(=O)c1cc(C(F)(F)F)cc(C(F)(F)F)c1)C(C)c1ncnn1-c1ccc(C#N)cn1. The second-order valence-corrected chi connectivity index (χ2v) is 8.49. The molecule has 0 aliphatic heterocycles. The van der Waals surface area contributed by atoms with Crippen LogP contribution >= 0.6 is 11.8 Å². The molecule has 2 heterocycles. The van der Waals surface area contributed by atoms with E-state index in [0.29, 0.717) is 17.9 Å². The molecule has 1 aromatic carbocycles. The molecule has 2 aromatic heterocycles. The van der Waals surface area contributed by atoms with Crippen molar-refractivity contribution >= 4 is 17.7 Å². The normalized spacial score (nSPS) is 12.8. The summed E-state index contributed by atoms with van der Waals surface area (Å²) in [7, 11) is 0. The van der Waals surface area contributed by atoms with Gasteiger partial charge in [0.15, 0.2) is 11.6 Å². The van der Waals surface area contributed by atoms with E-state index in [0.717, 1.165) is 4.90 Å². The third kappa shape index (κ3) is 5.96. The van der Waals surface area contributed by atoms with E-state index < -0.39 is 41.0 Å². The van der Waals surface area contributed by atoms with Crippen molar-refractivity contribution in [1.82, 2.24) is 24.6 Å². The highest BCUT2D eigenvalue weighted by atomic mass is 32.2. The van der Waals surface area contributed by atoms with Crippen LogP contribution in [0.15, 0.2) is 42.9 Å². The molecule has 3 aromatic rings. The molecule has 0 radical (unpaired) electrons. The Kier molecular flexibility index (Phi) is 7.92. The van der Waals surface area contributed by atoms with Crippen LogP contribution < -0.4 is 0 Å². The highest BCUT2D eigenvalue weighted by Gasteiger charge is 2.38. The molecule has 190 valence electrons. The Morgan fingerprint density at radius 1 is 1.11 bits per heavy atom. The number of rotatable bonds is 7. The summed E-state index contributed by atoms with van der Waals surface area (Å²) in [5, 5.41) is 13.0. The third-order valence-electron chi connectivity index (χ3n) is 5.14. The molecule has 3 rings (SSSR count). The van der Waals surface area contributed by atoms with E-state index in [-0.39, 0.29) is 29.8 Å². The molecular formula is C22H18F6N6OS. The molecule has 0 N–H and O–H groups in total. The highest BCUT2D eigenvalue weighted by Crippen LogP contribution is 2.37. The summed E-state index contributed by atoms with van der Waals surface area (Å²) < 4.78 is 81.3. The van der Waals surface area contributed by atoms with E-state index in [1.807, 2.05) is 6.07 Å². The van der Waals surface area contributed by atoms with Crippen LogP contribution in [0.4, 0.5) is 26.3 Å². The monoisotopic (exact) mass is 528 g/mol. The molecule has 0 aliphatic rings. The van der Waals surface area contributed by atoms with Crippen molar-refractivity contribution < 1.29 is 31.1 Å². The molecule has 0 saturated heterocycles. The Labute approximate surface area is 205 Å². The first-order valence-electron chi connectivity index (χ1n) is 10.2. The van der Waals surface area contributed by atoms with Crippen LogP contribution in [0.25, 0.3) is 5.82 Å². The minimum Gasteiger partial charge on any atom is -0.328 e. The van der Waals surface area contributed by atoms with Crippen LogP contribution in [0.5, 0.6) is 0 Å². The summed E-state index contributed by atoms with van der Waals surface area (Å²) in [6, 6.07) is 4.76. The predicted molar refractivity (Wildman–Crippen MR) is 118 cm³/mol. The zero-order valence-corrected chi connectivity index (χ0v) is 19.6. The number of hydrogen-bond donors (Lipinski definition) is 0. The first kappa shape index (κ1) is 27.0. The largest absolute Gasteiger partial charge is 0.416 e. The number of carbonyl (C=O) groups is 1. The van der Waals surface area contributed by atoms with Gasteiger partial charge in [-0.2, -0.15) is 53.1 Å². The van der Waals surface area contributed by atoms with Crippen LogP contribution in [0.3, 0.4) is 0 Å². The number of thioether (sulfide) groups is 1. The number of aromatic nitrogens is 4. The Morgan fingerprint density at radius 3 is 2.25 bits per heavy atom. The quantitative estimate of drug-likeness (QED) is 0.395. The fraction of sp³-hybridized carbons (Fsp3) is 0.318. The number of nitrogens with zero attached hydrogens (tertiary/aromatic N) is 6. The van der Waals surface area contributed by atoms with Crippen LogP contribution in [0.1, 0.15) is 45.8 Å². The zero-order valence-electron chi connectivity index (χ0n) is 18.8. The summed E-state index contributed by atoms with van der Waals surface area (Å²) in [6.07, 6.45) is -5.97. The molecule has 1 unspecified atom stereocenters. The standard InChI is InChI=1S/C22H18F6N6OS/c1-13(19-31-12-32-34(19)18-4-3-14(10-29)11-30-18)33(5-6-36-2)20(35)15-7-16(21(23,24)25)9-17(8-15)22(26,27)28/h3-4,7-9,11-13H,5-6H2,1-2H3. The summed E-state index contributed by atoms with van der Waals surface area (Å²) in [6.45, 7) is 1.53. The summed E-state index contributed by atoms with van der Waals surface area (Å²) in [5.41, 5.74) is -3.63. The van der Waals surface area contributed by atoms with Crippen molar-refractivity contribution in [3.05, 3.63) is 70.9 Å². The maximum absolute atomic E-state index is 13.3. The van der Waals surface area contributed by atoms with Crippen LogP contribution in [-0.4, -0.2) is 49.1 Å². The van der Waals surface area contributed by atoms with Gasteiger partial charge in [-0.15, -0.1) is 0 Å². The number of hydrogen-bond acceptors (Lipinski definition) is 6. The molecule has 36 heavy (non-hydrogen) atoms. The minimum absolute atomic E-state index is 0.00637. The molecular weight excluding hydrogens is 510 g/mol. The van der Waals surface area contributed by atoms with Crippen molar-refractivity contribution in [3.63, 3.8) is 0 Å². The van der Waals surface area contributed by atoms with Crippen LogP contribution in [-0.2, 0) is 12.4 Å². The van der Waals surface area contributed by atoms with E-state index in [4.69, 9.17) is 5.26 Å². The van der Waals surface area contributed by atoms with Crippen molar-refractivity contribution in [3.8, 4) is 11.9 Å². The van der Waals surface area contributed by atoms with Crippen molar-refractivity contribution in [1.29, 1.82) is 5.26 Å². The fourth-order valence-electron chi connectivity index (χ4n) is 3.33. The Balaban J connectivity index is 2.06. The Morgan fingerprint density at radius 2 is 1.75 bits per heavy atom. The first-order valence-corrected chi connectivity index (χ1v) is 11.6. The molecule has 0 bridgehead atoms. The van der Waals surface area contributed by atoms with Crippen molar-refractivity contribution in [2.24, 2.45) is 0 Å². The van der Waals surface area contributed by atoms with E-state index in [1.54, 1.807) is 6.26 Å². The van der Waals surface area contributed by atoms with Gasteiger partial charge in [-0.25, -0.2) is 9.97 Å². The molecule has 1 atom stereocenters. The number of benzene rings is 1. The lowest BCUT2D eigenvalue weighted by atomic mass is 10.0. The van der Waals surface area contributed by atoms with E-state index in [1.165, 1.54) is 48.0 Å². The molecule has 0 saturated carbocycles. The summed E-state index contributed by atoms with van der Waals surface area (Å²) in [5.74, 6) is -0.256.